The third-order valence-corrected chi connectivity index (χ3v) is 7.04. The maximum Gasteiger partial charge on any atom is 0.573 e. The number of nitrogens with zero attached hydrogens (tertiary/aromatic N) is 3. The van der Waals surface area contributed by atoms with Gasteiger partial charge in [0.05, 0.1) is 23.0 Å². The number of anilines is 1. The Balaban J connectivity index is 1.13. The summed E-state index contributed by atoms with van der Waals surface area (Å²) in [6.45, 7) is 1.15. The molecule has 0 radical (unpaired) electrons. The number of thiophene rings is 1. The number of methoxy groups -OCH3 is 1. The molecule has 2 aliphatic rings. The number of alkyl halides is 3. The number of aromatic nitrogens is 2. The summed E-state index contributed by atoms with van der Waals surface area (Å²) in [6.07, 6.45) is -2.08. The van der Waals surface area contributed by atoms with E-state index >= 15 is 0 Å². The predicted molar refractivity (Wildman–Crippen MR) is 121 cm³/mol. The first-order chi connectivity index (χ1) is 16.6. The lowest BCUT2D eigenvalue weighted by atomic mass is 9.60. The first-order valence-electron chi connectivity index (χ1n) is 10.6. The number of likely N-dealkylation sites (tertiary alicyclic amines) is 1. The molecule has 0 unspecified atom stereocenters. The highest BCUT2D eigenvalue weighted by molar-refractivity contribution is 7.17. The van der Waals surface area contributed by atoms with E-state index < -0.39 is 18.1 Å². The zero-order valence-electron chi connectivity index (χ0n) is 18.4. The lowest BCUT2D eigenvalue weighted by molar-refractivity contribution is -0.274. The molecule has 2 aromatic heterocycles. The predicted octanol–water partition coefficient (Wildman–Crippen LogP) is 4.02. The summed E-state index contributed by atoms with van der Waals surface area (Å²) in [7, 11) is 1.34. The SMILES string of the molecule is COc1ccc(OC(F)(F)F)cc1NC(=O)NC1CC2(C1)CN(C(=O)c1ncnc3ccsc13)C2. The molecule has 1 aliphatic carbocycles. The minimum Gasteiger partial charge on any atom is -0.495 e. The van der Waals surface area contributed by atoms with E-state index in [4.69, 9.17) is 4.74 Å². The number of hydrogen-bond donors (Lipinski definition) is 2. The van der Waals surface area contributed by atoms with E-state index in [1.54, 1.807) is 4.90 Å². The fraction of sp³-hybridized carbons (Fsp3) is 0.364. The Morgan fingerprint density at radius 3 is 2.69 bits per heavy atom. The average Bonchev–Trinajstić information content (AvgIpc) is 3.22. The van der Waals surface area contributed by atoms with Crippen LogP contribution >= 0.6 is 11.3 Å². The van der Waals surface area contributed by atoms with Gasteiger partial charge in [-0.3, -0.25) is 4.79 Å². The van der Waals surface area contributed by atoms with Crippen LogP contribution in [0.4, 0.5) is 23.7 Å². The third-order valence-electron chi connectivity index (χ3n) is 6.13. The molecule has 35 heavy (non-hydrogen) atoms. The van der Waals surface area contributed by atoms with Crippen LogP contribution in [0.25, 0.3) is 10.2 Å². The second-order valence-electron chi connectivity index (χ2n) is 8.63. The fourth-order valence-electron chi connectivity index (χ4n) is 4.67. The van der Waals surface area contributed by atoms with Crippen LogP contribution in [-0.4, -0.2) is 59.4 Å². The molecule has 3 heterocycles. The number of carbonyl (C=O) groups excluding carboxylic acids is 2. The van der Waals surface area contributed by atoms with Crippen LogP contribution in [-0.2, 0) is 0 Å². The van der Waals surface area contributed by atoms with Crippen molar-refractivity contribution in [2.24, 2.45) is 5.41 Å². The summed E-state index contributed by atoms with van der Waals surface area (Å²) in [4.78, 5) is 35.4. The number of benzene rings is 1. The van der Waals surface area contributed by atoms with E-state index in [9.17, 15) is 22.8 Å². The van der Waals surface area contributed by atoms with Gasteiger partial charge in [-0.1, -0.05) is 0 Å². The van der Waals surface area contributed by atoms with Gasteiger partial charge in [-0.2, -0.15) is 0 Å². The molecule has 1 aromatic carbocycles. The molecule has 13 heteroatoms. The molecule has 1 saturated heterocycles. The number of urea groups is 1. The summed E-state index contributed by atoms with van der Waals surface area (Å²) >= 11 is 1.43. The van der Waals surface area contributed by atoms with Gasteiger partial charge < -0.3 is 25.0 Å². The van der Waals surface area contributed by atoms with Crippen molar-refractivity contribution >= 4 is 39.2 Å². The summed E-state index contributed by atoms with van der Waals surface area (Å²) in [5.74, 6) is -0.413. The Hall–Kier alpha value is -3.61. The average molecular weight is 507 g/mol. The molecule has 3 amide bonds. The van der Waals surface area contributed by atoms with E-state index in [0.717, 1.165) is 22.3 Å². The molecule has 2 N–H and O–H groups in total. The molecular formula is C22H20F3N5O4S. The second-order valence-corrected chi connectivity index (χ2v) is 9.55. The maximum atomic E-state index is 12.9. The van der Waals surface area contributed by atoms with E-state index in [2.05, 4.69) is 25.3 Å². The topological polar surface area (TPSA) is 106 Å². The van der Waals surface area contributed by atoms with Gasteiger partial charge in [0.15, 0.2) is 0 Å². The Kier molecular flexibility index (Phi) is 5.66. The molecule has 0 atom stereocenters. The maximum absolute atomic E-state index is 12.9. The first kappa shape index (κ1) is 23.1. The lowest BCUT2D eigenvalue weighted by Gasteiger charge is -2.58. The number of hydrogen-bond acceptors (Lipinski definition) is 7. The van der Waals surface area contributed by atoms with Crippen LogP contribution in [0.15, 0.2) is 36.0 Å². The molecule has 3 aromatic rings. The number of halogens is 3. The number of nitrogens with one attached hydrogen (secondary N) is 2. The molecule has 9 nitrogen and oxygen atoms in total. The smallest absolute Gasteiger partial charge is 0.495 e. The number of fused-ring (bicyclic) bond motifs is 1. The van der Waals surface area contributed by atoms with Crippen molar-refractivity contribution in [1.29, 1.82) is 0 Å². The third kappa shape index (κ3) is 4.67. The number of amides is 3. The van der Waals surface area contributed by atoms with Crippen molar-refractivity contribution in [3.05, 3.63) is 41.7 Å². The zero-order valence-corrected chi connectivity index (χ0v) is 19.2. The van der Waals surface area contributed by atoms with Crippen LogP contribution in [0.3, 0.4) is 0 Å². The van der Waals surface area contributed by atoms with E-state index in [1.807, 2.05) is 11.4 Å². The van der Waals surface area contributed by atoms with Gasteiger partial charge in [0.2, 0.25) is 0 Å². The highest BCUT2D eigenvalue weighted by Gasteiger charge is 2.54. The second kappa shape index (κ2) is 8.56. The highest BCUT2D eigenvalue weighted by atomic mass is 32.1. The Bertz CT molecular complexity index is 1280. The molecule has 1 aliphatic heterocycles. The zero-order chi connectivity index (χ0) is 24.8. The molecule has 1 saturated carbocycles. The molecule has 1 spiro atoms. The van der Waals surface area contributed by atoms with E-state index in [1.165, 1.54) is 30.8 Å². The lowest BCUT2D eigenvalue weighted by Crippen LogP contribution is -2.67. The number of carbonyl (C=O) groups is 2. The van der Waals surface area contributed by atoms with Crippen LogP contribution in [0.5, 0.6) is 11.5 Å². The van der Waals surface area contributed by atoms with Crippen LogP contribution in [0.2, 0.25) is 0 Å². The van der Waals surface area contributed by atoms with Gasteiger partial charge in [-0.25, -0.2) is 14.8 Å². The number of ether oxygens (including phenoxy) is 2. The summed E-state index contributed by atoms with van der Waals surface area (Å²) in [5, 5.41) is 7.20. The van der Waals surface area contributed by atoms with Crippen molar-refractivity contribution in [2.45, 2.75) is 25.2 Å². The summed E-state index contributed by atoms with van der Waals surface area (Å²) in [6, 6.07) is 4.58. The van der Waals surface area contributed by atoms with Crippen molar-refractivity contribution in [3.8, 4) is 11.5 Å². The minimum atomic E-state index is -4.85. The Morgan fingerprint density at radius 1 is 1.20 bits per heavy atom. The fourth-order valence-corrected chi connectivity index (χ4v) is 5.50. The van der Waals surface area contributed by atoms with Gasteiger partial charge in [0.25, 0.3) is 5.91 Å². The normalized spacial score (nSPS) is 17.0. The van der Waals surface area contributed by atoms with Crippen molar-refractivity contribution < 1.29 is 32.2 Å². The van der Waals surface area contributed by atoms with Gasteiger partial charge in [-0.05, 0) is 36.4 Å². The molecule has 184 valence electrons. The van der Waals surface area contributed by atoms with Crippen molar-refractivity contribution in [1.82, 2.24) is 20.2 Å². The van der Waals surface area contributed by atoms with Crippen molar-refractivity contribution in [3.63, 3.8) is 0 Å². The van der Waals surface area contributed by atoms with Crippen molar-refractivity contribution in [2.75, 3.05) is 25.5 Å². The Labute approximate surface area is 201 Å². The minimum absolute atomic E-state index is 0.0472. The summed E-state index contributed by atoms with van der Waals surface area (Å²) < 4.78 is 47.3. The van der Waals surface area contributed by atoms with Gasteiger partial charge in [0.1, 0.15) is 23.5 Å². The van der Waals surface area contributed by atoms with Crippen LogP contribution in [0, 0.1) is 5.41 Å². The monoisotopic (exact) mass is 507 g/mol. The van der Waals surface area contributed by atoms with Crippen LogP contribution in [0.1, 0.15) is 23.3 Å². The highest BCUT2D eigenvalue weighted by Crippen LogP contribution is 2.49. The Morgan fingerprint density at radius 2 is 1.97 bits per heavy atom. The first-order valence-corrected chi connectivity index (χ1v) is 11.5. The van der Waals surface area contributed by atoms with Gasteiger partial charge in [0, 0.05) is 30.6 Å². The van der Waals surface area contributed by atoms with Crippen LogP contribution < -0.4 is 20.1 Å². The largest absolute Gasteiger partial charge is 0.573 e. The quantitative estimate of drug-likeness (QED) is 0.541. The summed E-state index contributed by atoms with van der Waals surface area (Å²) in [5.41, 5.74) is 1.15. The van der Waals surface area contributed by atoms with Gasteiger partial charge >= 0.3 is 12.4 Å². The molecule has 2 fully saturated rings. The van der Waals surface area contributed by atoms with Gasteiger partial charge in [-0.15, -0.1) is 24.5 Å². The molecular weight excluding hydrogens is 487 g/mol. The van der Waals surface area contributed by atoms with E-state index in [-0.39, 0.29) is 28.8 Å². The standard InChI is InChI=1S/C22H20F3N5O4S/c1-33-16-3-2-13(34-22(23,24)25)6-15(16)29-20(32)28-12-7-21(8-12)9-30(10-21)19(31)17-18-14(4-5-35-18)26-11-27-17/h2-6,11-12H,7-10H2,1H3,(H2,28,29,32). The molecule has 5 rings (SSSR count). The molecule has 0 bridgehead atoms. The van der Waals surface area contributed by atoms with E-state index in [0.29, 0.717) is 31.6 Å². The number of rotatable bonds is 5.